The molecule has 2 N–H and O–H groups in total. The van der Waals surface area contributed by atoms with Crippen molar-refractivity contribution in [3.8, 4) is 5.82 Å². The third kappa shape index (κ3) is 2.46. The first-order valence-electron chi connectivity index (χ1n) is 6.98. The summed E-state index contributed by atoms with van der Waals surface area (Å²) >= 11 is 0. The van der Waals surface area contributed by atoms with E-state index < -0.39 is 0 Å². The highest BCUT2D eigenvalue weighted by molar-refractivity contribution is 5.91. The number of aromatic nitrogens is 4. The molecule has 2 aromatic rings. The number of amides is 1. The zero-order valence-corrected chi connectivity index (χ0v) is 12.3. The van der Waals surface area contributed by atoms with Crippen LogP contribution in [0.1, 0.15) is 40.6 Å². The number of carbonyl (C=O) groups is 1. The fraction of sp³-hybridized carbons (Fsp3) is 0.429. The average Bonchev–Trinajstić information content (AvgIpc) is 3.24. The zero-order chi connectivity index (χ0) is 15.0. The van der Waals surface area contributed by atoms with E-state index in [1.807, 2.05) is 14.0 Å². The molecule has 0 bridgehead atoms. The highest BCUT2D eigenvalue weighted by Gasteiger charge is 2.28. The molecule has 0 atom stereocenters. The van der Waals surface area contributed by atoms with Crippen molar-refractivity contribution >= 4 is 11.7 Å². The van der Waals surface area contributed by atoms with Gasteiger partial charge in [-0.2, -0.15) is 5.10 Å². The first-order valence-corrected chi connectivity index (χ1v) is 6.98. The van der Waals surface area contributed by atoms with Crippen molar-refractivity contribution in [3.63, 3.8) is 0 Å². The van der Waals surface area contributed by atoms with Crippen LogP contribution in [-0.4, -0.2) is 39.8 Å². The molecule has 0 aliphatic heterocycles. The summed E-state index contributed by atoms with van der Waals surface area (Å²) in [6, 6.07) is 1.68. The Morgan fingerprint density at radius 2 is 2.10 bits per heavy atom. The van der Waals surface area contributed by atoms with Crippen molar-refractivity contribution in [2.24, 2.45) is 0 Å². The standard InChI is InChI=1S/C14H18N6O/c1-8-11(15-2)17-12(9-4-5-9)18-13(8)20-7-6-10(19-20)14(21)16-3/h6-7,9H,4-5H2,1-3H3,(H,16,21)(H,15,17,18). The number of hydrogen-bond donors (Lipinski definition) is 2. The largest absolute Gasteiger partial charge is 0.373 e. The summed E-state index contributed by atoms with van der Waals surface area (Å²) in [5.74, 6) is 2.60. The van der Waals surface area contributed by atoms with Crippen LogP contribution >= 0.6 is 0 Å². The summed E-state index contributed by atoms with van der Waals surface area (Å²) in [4.78, 5) is 20.8. The molecule has 0 aromatic carbocycles. The maximum Gasteiger partial charge on any atom is 0.271 e. The third-order valence-electron chi connectivity index (χ3n) is 3.58. The molecule has 0 radical (unpaired) electrons. The maximum atomic E-state index is 11.6. The van der Waals surface area contributed by atoms with Gasteiger partial charge in [0.1, 0.15) is 11.6 Å². The van der Waals surface area contributed by atoms with E-state index in [0.717, 1.165) is 30.0 Å². The van der Waals surface area contributed by atoms with Gasteiger partial charge in [-0.05, 0) is 25.8 Å². The van der Waals surface area contributed by atoms with Gasteiger partial charge in [0.05, 0.1) is 0 Å². The monoisotopic (exact) mass is 286 g/mol. The second-order valence-electron chi connectivity index (χ2n) is 5.13. The Morgan fingerprint density at radius 3 is 2.71 bits per heavy atom. The predicted octanol–water partition coefficient (Wildman–Crippen LogP) is 1.25. The third-order valence-corrected chi connectivity index (χ3v) is 3.58. The van der Waals surface area contributed by atoms with Crippen molar-refractivity contribution in [2.45, 2.75) is 25.7 Å². The smallest absolute Gasteiger partial charge is 0.271 e. The second kappa shape index (κ2) is 5.16. The molecule has 1 saturated carbocycles. The summed E-state index contributed by atoms with van der Waals surface area (Å²) in [6.45, 7) is 1.94. The van der Waals surface area contributed by atoms with Gasteiger partial charge in [0.25, 0.3) is 5.91 Å². The fourth-order valence-corrected chi connectivity index (χ4v) is 2.20. The fourth-order valence-electron chi connectivity index (χ4n) is 2.20. The highest BCUT2D eigenvalue weighted by Crippen LogP contribution is 2.39. The summed E-state index contributed by atoms with van der Waals surface area (Å²) in [5, 5.41) is 9.96. The molecule has 0 spiro atoms. The van der Waals surface area contributed by atoms with E-state index in [-0.39, 0.29) is 5.91 Å². The molecule has 1 aliphatic rings. The first kappa shape index (κ1) is 13.5. The molecule has 7 heteroatoms. The quantitative estimate of drug-likeness (QED) is 0.883. The molecule has 21 heavy (non-hydrogen) atoms. The molecule has 3 rings (SSSR count). The Kier molecular flexibility index (Phi) is 3.32. The molecular formula is C14H18N6O. The molecule has 1 amide bonds. The number of nitrogens with one attached hydrogen (secondary N) is 2. The van der Waals surface area contributed by atoms with Crippen molar-refractivity contribution in [1.82, 2.24) is 25.1 Å². The van der Waals surface area contributed by atoms with Gasteiger partial charge in [0.15, 0.2) is 11.5 Å². The minimum Gasteiger partial charge on any atom is -0.373 e. The van der Waals surface area contributed by atoms with E-state index in [1.165, 1.54) is 0 Å². The van der Waals surface area contributed by atoms with Crippen LogP contribution in [-0.2, 0) is 0 Å². The van der Waals surface area contributed by atoms with Crippen molar-refractivity contribution in [3.05, 3.63) is 29.3 Å². The topological polar surface area (TPSA) is 84.7 Å². The van der Waals surface area contributed by atoms with Crippen LogP contribution in [0.15, 0.2) is 12.3 Å². The maximum absolute atomic E-state index is 11.6. The lowest BCUT2D eigenvalue weighted by Gasteiger charge is -2.11. The average molecular weight is 286 g/mol. The Morgan fingerprint density at radius 1 is 1.33 bits per heavy atom. The predicted molar refractivity (Wildman–Crippen MR) is 78.8 cm³/mol. The van der Waals surface area contributed by atoms with E-state index in [2.05, 4.69) is 25.7 Å². The second-order valence-corrected chi connectivity index (χ2v) is 5.13. The highest BCUT2D eigenvalue weighted by atomic mass is 16.1. The summed E-state index contributed by atoms with van der Waals surface area (Å²) in [5.41, 5.74) is 1.28. The summed E-state index contributed by atoms with van der Waals surface area (Å²) < 4.78 is 1.63. The van der Waals surface area contributed by atoms with Gasteiger partial charge < -0.3 is 10.6 Å². The van der Waals surface area contributed by atoms with E-state index in [4.69, 9.17) is 0 Å². The normalized spacial score (nSPS) is 14.0. The molecule has 0 saturated heterocycles. The molecule has 1 fully saturated rings. The Bertz CT molecular complexity index is 689. The number of carbonyl (C=O) groups excluding carboxylic acids is 1. The number of anilines is 1. The van der Waals surface area contributed by atoms with Crippen LogP contribution in [0.3, 0.4) is 0 Å². The van der Waals surface area contributed by atoms with Crippen molar-refractivity contribution in [1.29, 1.82) is 0 Å². The van der Waals surface area contributed by atoms with Gasteiger partial charge in [-0.1, -0.05) is 0 Å². The molecule has 110 valence electrons. The van der Waals surface area contributed by atoms with Crippen LogP contribution in [0, 0.1) is 6.92 Å². The minimum atomic E-state index is -0.211. The van der Waals surface area contributed by atoms with E-state index in [1.54, 1.807) is 24.0 Å². The summed E-state index contributed by atoms with van der Waals surface area (Å²) in [6.07, 6.45) is 4.01. The van der Waals surface area contributed by atoms with Gasteiger partial charge >= 0.3 is 0 Å². The van der Waals surface area contributed by atoms with Crippen molar-refractivity contribution < 1.29 is 4.79 Å². The molecule has 2 aromatic heterocycles. The molecule has 0 unspecified atom stereocenters. The van der Waals surface area contributed by atoms with Crippen LogP contribution in [0.25, 0.3) is 5.82 Å². The van der Waals surface area contributed by atoms with E-state index in [0.29, 0.717) is 17.4 Å². The lowest BCUT2D eigenvalue weighted by atomic mass is 10.3. The van der Waals surface area contributed by atoms with Crippen LogP contribution in [0.5, 0.6) is 0 Å². The Balaban J connectivity index is 2.06. The van der Waals surface area contributed by atoms with Crippen LogP contribution < -0.4 is 10.6 Å². The number of rotatable bonds is 4. The van der Waals surface area contributed by atoms with Gasteiger partial charge in [-0.15, -0.1) is 0 Å². The molecule has 1 aliphatic carbocycles. The van der Waals surface area contributed by atoms with Gasteiger partial charge in [0, 0.05) is 31.8 Å². The lowest BCUT2D eigenvalue weighted by molar-refractivity contribution is 0.0957. The summed E-state index contributed by atoms with van der Waals surface area (Å²) in [7, 11) is 3.43. The van der Waals surface area contributed by atoms with E-state index in [9.17, 15) is 4.79 Å². The Labute approximate surface area is 122 Å². The van der Waals surface area contributed by atoms with Gasteiger partial charge in [0.2, 0.25) is 0 Å². The minimum absolute atomic E-state index is 0.211. The number of nitrogens with zero attached hydrogens (tertiary/aromatic N) is 4. The lowest BCUT2D eigenvalue weighted by Crippen LogP contribution is -2.19. The van der Waals surface area contributed by atoms with Crippen molar-refractivity contribution in [2.75, 3.05) is 19.4 Å². The first-order chi connectivity index (χ1) is 10.1. The van der Waals surface area contributed by atoms with Crippen LogP contribution in [0.2, 0.25) is 0 Å². The number of hydrogen-bond acceptors (Lipinski definition) is 5. The SMILES string of the molecule is CNC(=O)c1ccn(-c2nc(C3CC3)nc(NC)c2C)n1. The van der Waals surface area contributed by atoms with Crippen LogP contribution in [0.4, 0.5) is 5.82 Å². The van der Waals surface area contributed by atoms with Gasteiger partial charge in [-0.3, -0.25) is 4.79 Å². The zero-order valence-electron chi connectivity index (χ0n) is 12.3. The molecular weight excluding hydrogens is 268 g/mol. The molecule has 2 heterocycles. The van der Waals surface area contributed by atoms with E-state index >= 15 is 0 Å². The Hall–Kier alpha value is -2.44. The van der Waals surface area contributed by atoms with Gasteiger partial charge in [-0.25, -0.2) is 14.6 Å². The molecule has 7 nitrogen and oxygen atoms in total.